The summed E-state index contributed by atoms with van der Waals surface area (Å²) in [6.07, 6.45) is 22.3. The maximum atomic E-state index is 5.92. The van der Waals surface area contributed by atoms with Crippen LogP contribution >= 0.6 is 0 Å². The van der Waals surface area contributed by atoms with Gasteiger partial charge in [-0.1, -0.05) is 95.6 Å². The van der Waals surface area contributed by atoms with Crippen LogP contribution < -0.4 is 4.74 Å². The van der Waals surface area contributed by atoms with Crippen molar-refractivity contribution in [1.82, 2.24) is 9.97 Å². The molecule has 3 aromatic rings. The van der Waals surface area contributed by atoms with E-state index in [9.17, 15) is 0 Å². The van der Waals surface area contributed by atoms with Gasteiger partial charge in [-0.15, -0.1) is 6.58 Å². The van der Waals surface area contributed by atoms with Crippen LogP contribution in [0.5, 0.6) is 5.75 Å². The number of hydrogen-bond acceptors (Lipinski definition) is 3. The van der Waals surface area contributed by atoms with Gasteiger partial charge in [0.2, 0.25) is 0 Å². The Kier molecular flexibility index (Phi) is 13.7. The number of unbranched alkanes of at least 4 members (excludes halogenated alkanes) is 8. The topological polar surface area (TPSA) is 35.0 Å². The first-order valence-electron chi connectivity index (χ1n) is 14.9. The summed E-state index contributed by atoms with van der Waals surface area (Å²) in [5, 5.41) is 0. The van der Waals surface area contributed by atoms with Gasteiger partial charge in [-0.25, -0.2) is 9.97 Å². The molecule has 1 aromatic heterocycles. The van der Waals surface area contributed by atoms with Crippen molar-refractivity contribution in [3.8, 4) is 28.3 Å². The van der Waals surface area contributed by atoms with Crippen LogP contribution in [-0.2, 0) is 6.42 Å². The smallest absolute Gasteiger partial charge is 0.159 e. The van der Waals surface area contributed by atoms with Gasteiger partial charge in [0.15, 0.2) is 5.82 Å². The van der Waals surface area contributed by atoms with Gasteiger partial charge in [0.25, 0.3) is 0 Å². The lowest BCUT2D eigenvalue weighted by Gasteiger charge is -2.08. The minimum absolute atomic E-state index is 0.741. The summed E-state index contributed by atoms with van der Waals surface area (Å²) >= 11 is 0. The third kappa shape index (κ3) is 10.8. The normalized spacial score (nSPS) is 11.8. The van der Waals surface area contributed by atoms with Crippen LogP contribution in [0.4, 0.5) is 0 Å². The Bertz CT molecular complexity index is 1030. The van der Waals surface area contributed by atoms with Crippen molar-refractivity contribution >= 4 is 0 Å². The Morgan fingerprint density at radius 1 is 0.737 bits per heavy atom. The molecule has 1 atom stereocenters. The summed E-state index contributed by atoms with van der Waals surface area (Å²) in [5.74, 6) is 2.52. The first-order valence-corrected chi connectivity index (χ1v) is 14.9. The van der Waals surface area contributed by atoms with Crippen LogP contribution in [0.1, 0.15) is 96.5 Å². The minimum Gasteiger partial charge on any atom is -0.494 e. The fourth-order valence-corrected chi connectivity index (χ4v) is 4.68. The first kappa shape index (κ1) is 29.6. The Morgan fingerprint density at radius 2 is 1.37 bits per heavy atom. The fourth-order valence-electron chi connectivity index (χ4n) is 4.68. The maximum absolute atomic E-state index is 5.92. The lowest BCUT2D eigenvalue weighted by Crippen LogP contribution is -1.97. The van der Waals surface area contributed by atoms with Crippen LogP contribution in [0, 0.1) is 5.92 Å². The van der Waals surface area contributed by atoms with E-state index in [0.29, 0.717) is 0 Å². The van der Waals surface area contributed by atoms with Crippen molar-refractivity contribution in [3.05, 3.63) is 79.1 Å². The zero-order valence-electron chi connectivity index (χ0n) is 23.8. The number of hydrogen-bond donors (Lipinski definition) is 0. The summed E-state index contributed by atoms with van der Waals surface area (Å²) in [5.41, 5.74) is 4.63. The van der Waals surface area contributed by atoms with Crippen LogP contribution in [0.15, 0.2) is 73.6 Å². The number of benzene rings is 2. The molecule has 3 rings (SSSR count). The van der Waals surface area contributed by atoms with Gasteiger partial charge < -0.3 is 4.74 Å². The van der Waals surface area contributed by atoms with E-state index in [-0.39, 0.29) is 0 Å². The van der Waals surface area contributed by atoms with Crippen molar-refractivity contribution in [1.29, 1.82) is 0 Å². The molecule has 204 valence electrons. The quantitative estimate of drug-likeness (QED) is 0.118. The summed E-state index contributed by atoms with van der Waals surface area (Å²) < 4.78 is 5.92. The molecule has 0 aliphatic rings. The van der Waals surface area contributed by atoms with Gasteiger partial charge in [-0.05, 0) is 73.4 Å². The standard InChI is InChI=1S/C35H48N2O/c1-4-6-7-8-9-10-11-15-26-38-34-24-22-32(23-25-34)35-36-27-33(28-37-35)31-20-18-30(19-21-31)17-14-12-13-16-29(3)5-2/h4,18-25,27-29H,1,5-17,26H2,2-3H3/t29-/m0/s1. The van der Waals surface area contributed by atoms with Crippen LogP contribution in [0.25, 0.3) is 22.5 Å². The van der Waals surface area contributed by atoms with E-state index in [2.05, 4.69) is 54.7 Å². The SMILES string of the molecule is C=CCCCCCCCCOc1ccc(-c2ncc(-c3ccc(CCCCC[C@@H](C)CC)cc3)cn2)cc1. The van der Waals surface area contributed by atoms with Gasteiger partial charge in [0.05, 0.1) is 6.61 Å². The lowest BCUT2D eigenvalue weighted by atomic mass is 9.98. The zero-order chi connectivity index (χ0) is 26.8. The molecule has 3 heteroatoms. The predicted octanol–water partition coefficient (Wildman–Crippen LogP) is 10.3. The van der Waals surface area contributed by atoms with Crippen molar-refractivity contribution in [2.24, 2.45) is 5.92 Å². The number of nitrogens with zero attached hydrogens (tertiary/aromatic N) is 2. The molecule has 2 aromatic carbocycles. The molecular formula is C35H48N2O. The molecule has 0 saturated heterocycles. The minimum atomic E-state index is 0.741. The van der Waals surface area contributed by atoms with Crippen molar-refractivity contribution in [2.75, 3.05) is 6.61 Å². The zero-order valence-corrected chi connectivity index (χ0v) is 23.8. The van der Waals surface area contributed by atoms with Gasteiger partial charge in [-0.2, -0.15) is 0 Å². The summed E-state index contributed by atoms with van der Waals surface area (Å²) in [6.45, 7) is 9.20. The highest BCUT2D eigenvalue weighted by Crippen LogP contribution is 2.23. The molecule has 0 spiro atoms. The number of rotatable bonds is 19. The van der Waals surface area contributed by atoms with E-state index in [0.717, 1.165) is 60.1 Å². The number of aryl methyl sites for hydroxylation is 1. The monoisotopic (exact) mass is 512 g/mol. The highest BCUT2D eigenvalue weighted by Gasteiger charge is 2.05. The van der Waals surface area contributed by atoms with E-state index in [1.54, 1.807) is 0 Å². The average Bonchev–Trinajstić information content (AvgIpc) is 2.97. The van der Waals surface area contributed by atoms with Crippen LogP contribution in [0.3, 0.4) is 0 Å². The largest absolute Gasteiger partial charge is 0.494 e. The molecule has 0 N–H and O–H groups in total. The van der Waals surface area contributed by atoms with Crippen molar-refractivity contribution < 1.29 is 4.74 Å². The van der Waals surface area contributed by atoms with E-state index >= 15 is 0 Å². The molecule has 0 saturated carbocycles. The Labute approximate surface area is 231 Å². The molecule has 0 fully saturated rings. The van der Waals surface area contributed by atoms with E-state index in [1.807, 2.05) is 42.7 Å². The molecule has 38 heavy (non-hydrogen) atoms. The lowest BCUT2D eigenvalue weighted by molar-refractivity contribution is 0.304. The molecule has 0 radical (unpaired) electrons. The average molecular weight is 513 g/mol. The molecule has 0 aliphatic carbocycles. The number of allylic oxidation sites excluding steroid dienone is 1. The summed E-state index contributed by atoms with van der Waals surface area (Å²) in [4.78, 5) is 9.27. The molecular weight excluding hydrogens is 464 g/mol. The molecule has 3 nitrogen and oxygen atoms in total. The summed E-state index contributed by atoms with van der Waals surface area (Å²) in [6, 6.07) is 17.0. The van der Waals surface area contributed by atoms with Crippen LogP contribution in [-0.4, -0.2) is 16.6 Å². The third-order valence-electron chi connectivity index (χ3n) is 7.48. The highest BCUT2D eigenvalue weighted by atomic mass is 16.5. The first-order chi connectivity index (χ1) is 18.7. The Balaban J connectivity index is 1.39. The van der Waals surface area contributed by atoms with Crippen molar-refractivity contribution in [3.63, 3.8) is 0 Å². The van der Waals surface area contributed by atoms with E-state index < -0.39 is 0 Å². The second-order valence-electron chi connectivity index (χ2n) is 10.7. The Hall–Kier alpha value is -2.94. The van der Waals surface area contributed by atoms with Gasteiger partial charge in [0, 0.05) is 23.5 Å². The molecule has 0 bridgehead atoms. The third-order valence-corrected chi connectivity index (χ3v) is 7.48. The second kappa shape index (κ2) is 17.5. The maximum Gasteiger partial charge on any atom is 0.159 e. The molecule has 1 heterocycles. The molecule has 0 amide bonds. The predicted molar refractivity (Wildman–Crippen MR) is 163 cm³/mol. The molecule has 0 unspecified atom stereocenters. The van der Waals surface area contributed by atoms with E-state index in [1.165, 1.54) is 69.8 Å². The van der Waals surface area contributed by atoms with Crippen LogP contribution in [0.2, 0.25) is 0 Å². The highest BCUT2D eigenvalue weighted by molar-refractivity contribution is 5.64. The van der Waals surface area contributed by atoms with Gasteiger partial charge in [-0.3, -0.25) is 0 Å². The number of ether oxygens (including phenoxy) is 1. The van der Waals surface area contributed by atoms with Crippen molar-refractivity contribution in [2.45, 2.75) is 97.3 Å². The number of aromatic nitrogens is 2. The Morgan fingerprint density at radius 3 is 2.05 bits per heavy atom. The van der Waals surface area contributed by atoms with Gasteiger partial charge in [0.1, 0.15) is 5.75 Å². The fraction of sp³-hybridized carbons (Fsp3) is 0.486. The molecule has 0 aliphatic heterocycles. The summed E-state index contributed by atoms with van der Waals surface area (Å²) in [7, 11) is 0. The van der Waals surface area contributed by atoms with E-state index in [4.69, 9.17) is 4.74 Å². The second-order valence-corrected chi connectivity index (χ2v) is 10.7. The van der Waals surface area contributed by atoms with Gasteiger partial charge >= 0.3 is 0 Å².